The highest BCUT2D eigenvalue weighted by Crippen LogP contribution is 2.48. The summed E-state index contributed by atoms with van der Waals surface area (Å²) in [7, 11) is -9.65. The van der Waals surface area contributed by atoms with Crippen LogP contribution in [0.4, 0.5) is 23.0 Å². The van der Waals surface area contributed by atoms with Gasteiger partial charge in [-0.1, -0.05) is 16.8 Å². The molecule has 0 spiro atoms. The molecule has 0 saturated carbocycles. The Balaban J connectivity index is 0.00000600. The summed E-state index contributed by atoms with van der Waals surface area (Å²) in [6, 6.07) is 9.59. The van der Waals surface area contributed by atoms with E-state index >= 15 is 0 Å². The lowest BCUT2D eigenvalue weighted by molar-refractivity contribution is -0.432. The fraction of sp³-hybridized carbons (Fsp3) is 0.0455. The third kappa shape index (κ3) is 10.5. The van der Waals surface area contributed by atoms with Gasteiger partial charge in [0, 0.05) is 15.5 Å². The number of halogens is 1. The van der Waals surface area contributed by atoms with E-state index in [2.05, 4.69) is 54.3 Å². The third-order valence-corrected chi connectivity index (χ3v) is 8.28. The molecular weight excluding hydrogens is 752 g/mol. The summed E-state index contributed by atoms with van der Waals surface area (Å²) >= 11 is 8.40. The smallest absolute Gasteiger partial charge is 0.433 e. The van der Waals surface area contributed by atoms with Gasteiger partial charge in [-0.25, -0.2) is 5.26 Å². The molecule has 3 aromatic carbocycles. The van der Waals surface area contributed by atoms with Crippen LogP contribution in [0.25, 0.3) is 10.8 Å². The summed E-state index contributed by atoms with van der Waals surface area (Å²) < 4.78 is 71.8. The number of nitrogens with one attached hydrogen (secondary N) is 1. The van der Waals surface area contributed by atoms with E-state index in [-0.39, 0.29) is 54.6 Å². The molecule has 0 aliphatic carbocycles. The van der Waals surface area contributed by atoms with Crippen molar-refractivity contribution >= 4 is 101 Å². The summed E-state index contributed by atoms with van der Waals surface area (Å²) in [5.41, 5.74) is 0.0476. The van der Waals surface area contributed by atoms with Gasteiger partial charge in [-0.3, -0.25) is 14.0 Å². The number of fused-ring (bicyclic) bond motifs is 1. The number of aromatic hydroxyl groups is 1. The zero-order valence-corrected chi connectivity index (χ0v) is 27.6. The van der Waals surface area contributed by atoms with Crippen molar-refractivity contribution in [3.8, 4) is 17.1 Å². The largest absolute Gasteiger partial charge is 0.505 e. The van der Waals surface area contributed by atoms with Gasteiger partial charge in [-0.2, -0.15) is 36.9 Å². The van der Waals surface area contributed by atoms with Gasteiger partial charge in [0.25, 0.3) is 10.1 Å². The van der Waals surface area contributed by atoms with Crippen LogP contribution in [0.2, 0.25) is 5.28 Å². The fourth-order valence-electron chi connectivity index (χ4n) is 3.42. The van der Waals surface area contributed by atoms with Crippen LogP contribution < -0.4 is 5.32 Å². The number of phenolic OH excluding ortho intramolecular Hbond substituents is 1. The molecule has 0 bridgehead atoms. The summed E-state index contributed by atoms with van der Waals surface area (Å²) in [6.45, 7) is 0. The molecule has 0 saturated heterocycles. The normalized spacial score (nSPS) is 11.6. The highest BCUT2D eigenvalue weighted by molar-refractivity contribution is 8.04. The van der Waals surface area contributed by atoms with Crippen LogP contribution in [0, 0.1) is 11.4 Å². The molecule has 1 aromatic heterocycles. The Kier molecular flexibility index (Phi) is 13.3. The van der Waals surface area contributed by atoms with Gasteiger partial charge >= 0.3 is 10.4 Å². The molecule has 25 heteroatoms. The van der Waals surface area contributed by atoms with Gasteiger partial charge in [0.2, 0.25) is 11.2 Å². The van der Waals surface area contributed by atoms with Gasteiger partial charge in [0.1, 0.15) is 10.6 Å². The first-order valence-electron chi connectivity index (χ1n) is 11.5. The fourth-order valence-corrected chi connectivity index (χ4v) is 5.74. The second-order valence-electron chi connectivity index (χ2n) is 7.93. The highest BCUT2D eigenvalue weighted by atomic mass is 35.5. The molecule has 0 atom stereocenters. The third-order valence-electron chi connectivity index (χ3n) is 5.10. The first kappa shape index (κ1) is 37.9. The number of hydrogen-bond acceptors (Lipinski definition) is 19. The van der Waals surface area contributed by atoms with E-state index in [0.29, 0.717) is 16.9 Å². The van der Waals surface area contributed by atoms with Crippen LogP contribution in [0.15, 0.2) is 72.5 Å². The molecule has 0 unspecified atom stereocenters. The van der Waals surface area contributed by atoms with Crippen LogP contribution in [0.1, 0.15) is 0 Å². The van der Waals surface area contributed by atoms with Crippen molar-refractivity contribution in [1.82, 2.24) is 15.0 Å². The maximum Gasteiger partial charge on any atom is 0.433 e. The van der Waals surface area contributed by atoms with Gasteiger partial charge < -0.3 is 15.9 Å². The Bertz CT molecular complexity index is 2080. The van der Waals surface area contributed by atoms with Crippen molar-refractivity contribution in [2.24, 2.45) is 10.2 Å². The lowest BCUT2D eigenvalue weighted by Crippen LogP contribution is -2.04. The number of benzene rings is 3. The van der Waals surface area contributed by atoms with Crippen LogP contribution >= 0.6 is 47.2 Å². The number of rotatable bonds is 12. The van der Waals surface area contributed by atoms with Crippen LogP contribution in [-0.2, 0) is 39.1 Å². The Morgan fingerprint density at radius 3 is 2.38 bits per heavy atom. The quantitative estimate of drug-likeness (QED) is 0.0244. The molecule has 19 nitrogen and oxygen atoms in total. The lowest BCUT2D eigenvalue weighted by Gasteiger charge is -2.15. The number of hydrogen-bond donors (Lipinski definition) is 5. The van der Waals surface area contributed by atoms with E-state index in [9.17, 15) is 26.5 Å². The second kappa shape index (κ2) is 16.5. The first-order valence-corrected chi connectivity index (χ1v) is 17.4. The molecule has 0 aliphatic rings. The van der Waals surface area contributed by atoms with Crippen molar-refractivity contribution in [3.05, 3.63) is 47.7 Å². The van der Waals surface area contributed by atoms with Crippen molar-refractivity contribution in [2.45, 2.75) is 19.8 Å². The van der Waals surface area contributed by atoms with E-state index in [4.69, 9.17) is 21.4 Å². The minimum atomic E-state index is -4.83. The van der Waals surface area contributed by atoms with Crippen molar-refractivity contribution in [2.75, 3.05) is 11.6 Å². The minimum absolute atomic E-state index is 0. The van der Waals surface area contributed by atoms with Gasteiger partial charge in [-0.05, 0) is 76.4 Å². The molecule has 0 radical (unpaired) electrons. The van der Waals surface area contributed by atoms with Gasteiger partial charge in [-0.15, -0.1) is 9.45 Å². The van der Waals surface area contributed by atoms with Crippen LogP contribution in [0.5, 0.6) is 5.75 Å². The molecule has 4 aromatic rings. The molecule has 1 heterocycles. The van der Waals surface area contributed by atoms with Crippen molar-refractivity contribution < 1.29 is 60.4 Å². The second-order valence-corrected chi connectivity index (χ2v) is 13.0. The molecule has 7 N–H and O–H groups in total. The highest BCUT2D eigenvalue weighted by Gasteiger charge is 2.24. The summed E-state index contributed by atoms with van der Waals surface area (Å²) in [5.74, 6) is -0.693. The van der Waals surface area contributed by atoms with Crippen LogP contribution in [0.3, 0.4) is 0 Å². The van der Waals surface area contributed by atoms with E-state index in [1.54, 1.807) is 18.4 Å². The number of thioether (sulfide) groups is 2. The Hall–Kier alpha value is -3.55. The lowest BCUT2D eigenvalue weighted by atomic mass is 10.1. The maximum absolute atomic E-state index is 12.2. The predicted octanol–water partition coefficient (Wildman–Crippen LogP) is 4.88. The maximum atomic E-state index is 12.2. The average molecular weight is 769 g/mol. The molecule has 250 valence electrons. The SMILES string of the molecule is CSc1nc(Cl)nc(Nc2ccc(S(=O)(=O)O)c3cc(SOOO)c(N=Nc4ccc(SC#COOS(=O)(=O)O)cc4)c(O)c23)n1.O. The monoisotopic (exact) mass is 768 g/mol. The molecule has 0 amide bonds. The van der Waals surface area contributed by atoms with Gasteiger partial charge in [0.05, 0.1) is 33.7 Å². The zero-order chi connectivity index (χ0) is 33.5. The van der Waals surface area contributed by atoms with E-state index in [0.717, 1.165) is 17.8 Å². The molecular formula is C22H17ClN6O13S5. The molecule has 0 fully saturated rings. The molecule has 47 heavy (non-hydrogen) atoms. The Morgan fingerprint density at radius 2 is 1.74 bits per heavy atom. The summed E-state index contributed by atoms with van der Waals surface area (Å²) in [4.78, 5) is 16.0. The Labute approximate surface area is 282 Å². The molecule has 4 rings (SSSR count). The van der Waals surface area contributed by atoms with Crippen molar-refractivity contribution in [3.63, 3.8) is 0 Å². The summed E-state index contributed by atoms with van der Waals surface area (Å²) in [6.07, 6.45) is 3.60. The van der Waals surface area contributed by atoms with E-state index in [1.165, 1.54) is 36.0 Å². The minimum Gasteiger partial charge on any atom is -0.505 e. The Morgan fingerprint density at radius 1 is 1.02 bits per heavy atom. The predicted molar refractivity (Wildman–Crippen MR) is 168 cm³/mol. The van der Waals surface area contributed by atoms with E-state index in [1.807, 2.05) is 6.11 Å². The first-order chi connectivity index (χ1) is 21.8. The van der Waals surface area contributed by atoms with Crippen LogP contribution in [-0.4, -0.2) is 63.0 Å². The van der Waals surface area contributed by atoms with E-state index < -0.39 is 31.2 Å². The number of azo groups is 1. The zero-order valence-electron chi connectivity index (χ0n) is 22.8. The number of nitrogens with zero attached hydrogens (tertiary/aromatic N) is 5. The summed E-state index contributed by atoms with van der Waals surface area (Å²) in [5, 5.41) is 36.9. The molecule has 0 aliphatic heterocycles. The topological polar surface area (TPSA) is 293 Å². The van der Waals surface area contributed by atoms with Gasteiger partial charge in [0.15, 0.2) is 17.0 Å². The average Bonchev–Trinajstić information content (AvgIpc) is 2.98. The standard InChI is InChI=1S/C22H15ClN6O12S5.H2O/c1-42-22-26-20(23)25-21(27-22)24-14-6-7-16(45(32,33)34)13-10-15(44-40-39-31)18(19(30)17(13)14)29-28-11-2-4-12(5-3-11)43-9-8-38-41-46(35,36)37;/h2-7,10,30-31H,1H3,(H,32,33,34)(H,35,36,37)(H,24,25,26,27);1H2. The van der Waals surface area contributed by atoms with Crippen molar-refractivity contribution in [1.29, 1.82) is 0 Å². The number of anilines is 2. The number of aromatic nitrogens is 3. The number of phenols is 1.